The summed E-state index contributed by atoms with van der Waals surface area (Å²) in [5.41, 5.74) is 0.760. The zero-order valence-electron chi connectivity index (χ0n) is 11.8. The molecule has 2 aromatic rings. The summed E-state index contributed by atoms with van der Waals surface area (Å²) >= 11 is 13.5. The molecule has 1 N–H and O–H groups in total. The number of nitrogens with one attached hydrogen (secondary N) is 1. The number of rotatable bonds is 5. The van der Waals surface area contributed by atoms with Crippen LogP contribution in [0.25, 0.3) is 11.4 Å². The van der Waals surface area contributed by atoms with Gasteiger partial charge in [0.1, 0.15) is 0 Å². The van der Waals surface area contributed by atoms with Crippen molar-refractivity contribution in [3.05, 3.63) is 28.2 Å². The molecule has 0 bridgehead atoms. The number of amides is 1. The fourth-order valence-corrected chi connectivity index (χ4v) is 3.19. The average molecular weight is 357 g/mol. The fraction of sp³-hybridized carbons (Fsp3) is 0.357. The first-order valence-corrected chi connectivity index (χ1v) is 8.55. The maximum absolute atomic E-state index is 11.7. The fourth-order valence-electron chi connectivity index (χ4n) is 1.97. The van der Waals surface area contributed by atoms with Crippen LogP contribution in [0, 0.1) is 0 Å². The first-order chi connectivity index (χ1) is 10.5. The second-order valence-electron chi connectivity index (χ2n) is 5.12. The lowest BCUT2D eigenvalue weighted by Crippen LogP contribution is -2.27. The number of carbonyl (C=O) groups excluding carboxylic acids is 1. The van der Waals surface area contributed by atoms with E-state index in [2.05, 4.69) is 15.5 Å². The van der Waals surface area contributed by atoms with Gasteiger partial charge in [0.2, 0.25) is 5.91 Å². The minimum Gasteiger partial charge on any atom is -0.353 e. The Bertz CT molecular complexity index is 715. The first-order valence-electron chi connectivity index (χ1n) is 6.81. The van der Waals surface area contributed by atoms with E-state index in [0.717, 1.165) is 18.4 Å². The van der Waals surface area contributed by atoms with Gasteiger partial charge in [-0.05, 0) is 31.0 Å². The summed E-state index contributed by atoms with van der Waals surface area (Å²) in [6, 6.07) is 5.61. The van der Waals surface area contributed by atoms with Crippen LogP contribution in [0.3, 0.4) is 0 Å². The van der Waals surface area contributed by atoms with E-state index >= 15 is 0 Å². The molecule has 0 spiro atoms. The molecule has 5 nitrogen and oxygen atoms in total. The molecule has 1 aromatic carbocycles. The molecule has 1 aromatic heterocycles. The van der Waals surface area contributed by atoms with Gasteiger partial charge < -0.3 is 9.88 Å². The van der Waals surface area contributed by atoms with E-state index in [9.17, 15) is 4.79 Å². The third kappa shape index (κ3) is 3.56. The highest BCUT2D eigenvalue weighted by Crippen LogP contribution is 2.30. The van der Waals surface area contributed by atoms with Crippen molar-refractivity contribution in [2.75, 3.05) is 5.75 Å². The van der Waals surface area contributed by atoms with Crippen LogP contribution in [-0.2, 0) is 11.8 Å². The molecule has 1 fully saturated rings. The van der Waals surface area contributed by atoms with Crippen molar-refractivity contribution in [3.63, 3.8) is 0 Å². The molecule has 1 amide bonds. The summed E-state index contributed by atoms with van der Waals surface area (Å²) in [7, 11) is 1.85. The van der Waals surface area contributed by atoms with E-state index < -0.39 is 0 Å². The highest BCUT2D eigenvalue weighted by molar-refractivity contribution is 7.99. The third-order valence-corrected chi connectivity index (χ3v) is 4.85. The minimum absolute atomic E-state index is 0.0292. The van der Waals surface area contributed by atoms with E-state index in [1.165, 1.54) is 11.8 Å². The highest BCUT2D eigenvalue weighted by atomic mass is 35.5. The Morgan fingerprint density at radius 2 is 2.18 bits per heavy atom. The van der Waals surface area contributed by atoms with Crippen LogP contribution in [0.2, 0.25) is 10.0 Å². The molecule has 1 heterocycles. The quantitative estimate of drug-likeness (QED) is 0.835. The van der Waals surface area contributed by atoms with Gasteiger partial charge in [-0.2, -0.15) is 0 Å². The molecular formula is C14H14Cl2N4OS. The van der Waals surface area contributed by atoms with Gasteiger partial charge >= 0.3 is 0 Å². The van der Waals surface area contributed by atoms with Crippen molar-refractivity contribution in [3.8, 4) is 11.4 Å². The Kier molecular flexibility index (Phi) is 4.61. The molecule has 116 valence electrons. The molecule has 3 rings (SSSR count). The zero-order chi connectivity index (χ0) is 15.7. The SMILES string of the molecule is Cn1c(SCC(=O)NC2CC2)nnc1-c1ccc(Cl)cc1Cl. The average Bonchev–Trinajstić information content (AvgIpc) is 3.20. The second-order valence-corrected chi connectivity index (χ2v) is 6.91. The summed E-state index contributed by atoms with van der Waals surface area (Å²) in [4.78, 5) is 11.7. The monoisotopic (exact) mass is 356 g/mol. The number of thioether (sulfide) groups is 1. The van der Waals surface area contributed by atoms with Crippen molar-refractivity contribution >= 4 is 40.9 Å². The van der Waals surface area contributed by atoms with Gasteiger partial charge in [0.05, 0.1) is 10.8 Å². The number of hydrogen-bond donors (Lipinski definition) is 1. The number of nitrogens with zero attached hydrogens (tertiary/aromatic N) is 3. The number of hydrogen-bond acceptors (Lipinski definition) is 4. The topological polar surface area (TPSA) is 59.8 Å². The van der Waals surface area contributed by atoms with Gasteiger partial charge in [-0.25, -0.2) is 0 Å². The number of benzene rings is 1. The standard InChI is InChI=1S/C14H14Cl2N4OS/c1-20-13(10-5-2-8(15)6-11(10)16)18-19-14(20)22-7-12(21)17-9-3-4-9/h2,5-6,9H,3-4,7H2,1H3,(H,17,21). The van der Waals surface area contributed by atoms with E-state index in [4.69, 9.17) is 23.2 Å². The lowest BCUT2D eigenvalue weighted by Gasteiger charge is -2.06. The maximum atomic E-state index is 11.7. The molecule has 22 heavy (non-hydrogen) atoms. The van der Waals surface area contributed by atoms with Crippen LogP contribution in [0.15, 0.2) is 23.4 Å². The molecule has 0 unspecified atom stereocenters. The Labute approximate surface area is 142 Å². The predicted molar refractivity (Wildman–Crippen MR) is 88.3 cm³/mol. The molecule has 1 saturated carbocycles. The van der Waals surface area contributed by atoms with Crippen LogP contribution in [-0.4, -0.2) is 32.5 Å². The number of aromatic nitrogens is 3. The van der Waals surface area contributed by atoms with Crippen LogP contribution in [0.1, 0.15) is 12.8 Å². The summed E-state index contributed by atoms with van der Waals surface area (Å²) in [5, 5.41) is 13.0. The molecule has 1 aliphatic carbocycles. The van der Waals surface area contributed by atoms with Crippen LogP contribution >= 0.6 is 35.0 Å². The predicted octanol–water partition coefficient (Wildman–Crippen LogP) is 3.16. The Hall–Kier alpha value is -1.24. The van der Waals surface area contributed by atoms with Gasteiger partial charge in [-0.1, -0.05) is 35.0 Å². The molecule has 0 atom stereocenters. The van der Waals surface area contributed by atoms with E-state index in [0.29, 0.717) is 32.8 Å². The minimum atomic E-state index is 0.0292. The number of carbonyl (C=O) groups is 1. The lowest BCUT2D eigenvalue weighted by molar-refractivity contribution is -0.118. The summed E-state index contributed by atoms with van der Waals surface area (Å²) in [5.74, 6) is 1.00. The molecular weight excluding hydrogens is 343 g/mol. The van der Waals surface area contributed by atoms with Crippen LogP contribution in [0.5, 0.6) is 0 Å². The Morgan fingerprint density at radius 1 is 1.41 bits per heavy atom. The van der Waals surface area contributed by atoms with Gasteiger partial charge in [-0.15, -0.1) is 10.2 Å². The summed E-state index contributed by atoms with van der Waals surface area (Å²) in [6.07, 6.45) is 2.17. The molecule has 1 aliphatic rings. The van der Waals surface area contributed by atoms with Gasteiger partial charge in [0.25, 0.3) is 0 Å². The highest BCUT2D eigenvalue weighted by Gasteiger charge is 2.23. The summed E-state index contributed by atoms with van der Waals surface area (Å²) in [6.45, 7) is 0. The maximum Gasteiger partial charge on any atom is 0.230 e. The van der Waals surface area contributed by atoms with Crippen molar-refractivity contribution < 1.29 is 4.79 Å². The molecule has 0 radical (unpaired) electrons. The van der Waals surface area contributed by atoms with Crippen molar-refractivity contribution in [2.24, 2.45) is 7.05 Å². The Morgan fingerprint density at radius 3 is 2.86 bits per heavy atom. The van der Waals surface area contributed by atoms with Gasteiger partial charge in [-0.3, -0.25) is 4.79 Å². The zero-order valence-corrected chi connectivity index (χ0v) is 14.2. The first kappa shape index (κ1) is 15.6. The third-order valence-electron chi connectivity index (χ3n) is 3.28. The van der Waals surface area contributed by atoms with E-state index in [1.807, 2.05) is 17.7 Å². The van der Waals surface area contributed by atoms with Crippen molar-refractivity contribution in [1.82, 2.24) is 20.1 Å². The Balaban J connectivity index is 1.72. The number of halogens is 2. The molecule has 8 heteroatoms. The van der Waals surface area contributed by atoms with Crippen molar-refractivity contribution in [2.45, 2.75) is 24.0 Å². The molecule has 0 saturated heterocycles. The second kappa shape index (κ2) is 6.48. The van der Waals surface area contributed by atoms with Crippen molar-refractivity contribution in [1.29, 1.82) is 0 Å². The van der Waals surface area contributed by atoms with Gasteiger partial charge in [0.15, 0.2) is 11.0 Å². The van der Waals surface area contributed by atoms with E-state index in [-0.39, 0.29) is 5.91 Å². The van der Waals surface area contributed by atoms with Crippen LogP contribution < -0.4 is 5.32 Å². The largest absolute Gasteiger partial charge is 0.353 e. The summed E-state index contributed by atoms with van der Waals surface area (Å²) < 4.78 is 1.82. The normalized spacial score (nSPS) is 14.1. The lowest BCUT2D eigenvalue weighted by atomic mass is 10.2. The molecule has 0 aliphatic heterocycles. The smallest absolute Gasteiger partial charge is 0.230 e. The van der Waals surface area contributed by atoms with Gasteiger partial charge in [0, 0.05) is 23.7 Å². The van der Waals surface area contributed by atoms with E-state index in [1.54, 1.807) is 12.1 Å². The van der Waals surface area contributed by atoms with Crippen LogP contribution in [0.4, 0.5) is 0 Å².